The number of aromatic nitrogens is 1. The Hall–Kier alpha value is -3.39. The van der Waals surface area contributed by atoms with E-state index in [9.17, 15) is 13.2 Å². The molecule has 1 aromatic heterocycles. The summed E-state index contributed by atoms with van der Waals surface area (Å²) in [5.41, 5.74) is 2.01. The van der Waals surface area contributed by atoms with E-state index in [0.29, 0.717) is 23.5 Å². The van der Waals surface area contributed by atoms with E-state index in [-0.39, 0.29) is 18.2 Å². The van der Waals surface area contributed by atoms with Crippen molar-refractivity contribution in [1.29, 1.82) is 0 Å². The number of fused-ring (bicyclic) bond motifs is 1. The summed E-state index contributed by atoms with van der Waals surface area (Å²) in [6.45, 7) is 0.216. The van der Waals surface area contributed by atoms with Crippen LogP contribution in [0.2, 0.25) is 0 Å². The number of nitrogens with one attached hydrogen (secondary N) is 1. The van der Waals surface area contributed by atoms with E-state index in [1.807, 2.05) is 6.07 Å². The Kier molecular flexibility index (Phi) is 5.67. The van der Waals surface area contributed by atoms with Crippen LogP contribution in [0, 0.1) is 0 Å². The molecule has 1 aliphatic rings. The number of hydrogen-bond donors (Lipinski definition) is 1. The number of sulfonamides is 1. The predicted molar refractivity (Wildman–Crippen MR) is 113 cm³/mol. The standard InChI is InChI=1S/C22H21N3O4S/c26-22(24-14-17-10-12-23-13-11-17)21-15-25(19-8-4-5-9-20(19)29-21)30(27,28)16-18-6-2-1-3-7-18/h1-13,21H,14-16H2,(H,24,26)/t21-/m1/s1. The van der Waals surface area contributed by atoms with Crippen molar-refractivity contribution in [1.82, 2.24) is 10.3 Å². The highest BCUT2D eigenvalue weighted by Crippen LogP contribution is 2.35. The number of carbonyl (C=O) groups is 1. The maximum atomic E-state index is 13.2. The molecule has 1 N–H and O–H groups in total. The summed E-state index contributed by atoms with van der Waals surface area (Å²) < 4.78 is 33.5. The molecular weight excluding hydrogens is 402 g/mol. The molecule has 0 unspecified atom stereocenters. The van der Waals surface area contributed by atoms with E-state index in [2.05, 4.69) is 10.3 Å². The summed E-state index contributed by atoms with van der Waals surface area (Å²) in [6.07, 6.45) is 2.34. The van der Waals surface area contributed by atoms with Crippen LogP contribution in [0.3, 0.4) is 0 Å². The number of carbonyl (C=O) groups excluding carboxylic acids is 1. The Balaban J connectivity index is 1.55. The van der Waals surface area contributed by atoms with Gasteiger partial charge in [0.15, 0.2) is 6.10 Å². The fourth-order valence-electron chi connectivity index (χ4n) is 3.27. The Bertz CT molecular complexity index is 1120. The van der Waals surface area contributed by atoms with Gasteiger partial charge in [-0.2, -0.15) is 0 Å². The fraction of sp³-hybridized carbons (Fsp3) is 0.182. The molecule has 8 heteroatoms. The van der Waals surface area contributed by atoms with E-state index in [1.165, 1.54) is 4.31 Å². The lowest BCUT2D eigenvalue weighted by Crippen LogP contribution is -2.50. The summed E-state index contributed by atoms with van der Waals surface area (Å²) >= 11 is 0. The number of ether oxygens (including phenoxy) is 1. The van der Waals surface area contributed by atoms with Gasteiger partial charge in [0.25, 0.3) is 5.91 Å². The minimum absolute atomic E-state index is 0.0889. The van der Waals surface area contributed by atoms with Crippen molar-refractivity contribution in [2.24, 2.45) is 0 Å². The number of nitrogens with zero attached hydrogens (tertiary/aromatic N) is 2. The fourth-order valence-corrected chi connectivity index (χ4v) is 4.85. The van der Waals surface area contributed by atoms with E-state index in [1.54, 1.807) is 73.1 Å². The minimum Gasteiger partial charge on any atom is -0.476 e. The van der Waals surface area contributed by atoms with Gasteiger partial charge in [-0.15, -0.1) is 0 Å². The molecule has 0 spiro atoms. The summed E-state index contributed by atoms with van der Waals surface area (Å²) in [6, 6.07) is 19.4. The lowest BCUT2D eigenvalue weighted by atomic mass is 10.2. The van der Waals surface area contributed by atoms with Gasteiger partial charge in [-0.05, 0) is 35.4 Å². The highest BCUT2D eigenvalue weighted by Gasteiger charge is 2.36. The zero-order valence-corrected chi connectivity index (χ0v) is 17.0. The van der Waals surface area contributed by atoms with Gasteiger partial charge >= 0.3 is 0 Å². The third-order valence-corrected chi connectivity index (χ3v) is 6.49. The lowest BCUT2D eigenvalue weighted by Gasteiger charge is -2.34. The third-order valence-electron chi connectivity index (χ3n) is 4.77. The first-order chi connectivity index (χ1) is 14.5. The van der Waals surface area contributed by atoms with Gasteiger partial charge in [-0.3, -0.25) is 14.1 Å². The van der Waals surface area contributed by atoms with Crippen LogP contribution in [0.1, 0.15) is 11.1 Å². The van der Waals surface area contributed by atoms with E-state index in [0.717, 1.165) is 5.56 Å². The molecule has 7 nitrogen and oxygen atoms in total. The third kappa shape index (κ3) is 4.44. The topological polar surface area (TPSA) is 88.6 Å². The summed E-state index contributed by atoms with van der Waals surface area (Å²) in [4.78, 5) is 16.7. The predicted octanol–water partition coefficient (Wildman–Crippen LogP) is 2.50. The van der Waals surface area contributed by atoms with Crippen LogP contribution in [0.5, 0.6) is 5.75 Å². The quantitative estimate of drug-likeness (QED) is 0.658. The molecule has 3 aromatic rings. The highest BCUT2D eigenvalue weighted by atomic mass is 32.2. The second-order valence-electron chi connectivity index (χ2n) is 6.92. The largest absolute Gasteiger partial charge is 0.476 e. The molecule has 0 saturated carbocycles. The highest BCUT2D eigenvalue weighted by molar-refractivity contribution is 7.92. The van der Waals surface area contributed by atoms with Crippen LogP contribution in [-0.2, 0) is 27.1 Å². The van der Waals surface area contributed by atoms with Gasteiger partial charge in [-0.25, -0.2) is 8.42 Å². The lowest BCUT2D eigenvalue weighted by molar-refractivity contribution is -0.127. The zero-order valence-electron chi connectivity index (χ0n) is 16.1. The summed E-state index contributed by atoms with van der Waals surface area (Å²) in [5, 5.41) is 2.81. The van der Waals surface area contributed by atoms with Crippen molar-refractivity contribution in [2.45, 2.75) is 18.4 Å². The molecule has 1 atom stereocenters. The molecule has 1 aliphatic heterocycles. The van der Waals surface area contributed by atoms with Crippen LogP contribution >= 0.6 is 0 Å². The maximum absolute atomic E-state index is 13.2. The number of rotatable bonds is 6. The molecule has 0 radical (unpaired) electrons. The first-order valence-electron chi connectivity index (χ1n) is 9.49. The van der Waals surface area contributed by atoms with Crippen molar-refractivity contribution < 1.29 is 17.9 Å². The molecule has 30 heavy (non-hydrogen) atoms. The number of benzene rings is 2. The van der Waals surface area contributed by atoms with Gasteiger partial charge < -0.3 is 10.1 Å². The molecule has 154 valence electrons. The second-order valence-corrected chi connectivity index (χ2v) is 8.81. The second kappa shape index (κ2) is 8.54. The molecule has 2 aromatic carbocycles. The summed E-state index contributed by atoms with van der Waals surface area (Å²) in [5.74, 6) is -0.168. The number of anilines is 1. The number of para-hydroxylation sites is 2. The molecule has 4 rings (SSSR count). The molecule has 2 heterocycles. The molecule has 0 aliphatic carbocycles. The molecule has 0 saturated heterocycles. The monoisotopic (exact) mass is 423 g/mol. The first-order valence-corrected chi connectivity index (χ1v) is 11.1. The van der Waals surface area contributed by atoms with Crippen molar-refractivity contribution >= 4 is 21.6 Å². The first kappa shape index (κ1) is 19.9. The molecule has 0 fully saturated rings. The Morgan fingerprint density at radius 1 is 1.00 bits per heavy atom. The van der Waals surface area contributed by atoms with Gasteiger partial charge in [0, 0.05) is 18.9 Å². The van der Waals surface area contributed by atoms with Gasteiger partial charge in [0.2, 0.25) is 10.0 Å². The average Bonchev–Trinajstić information content (AvgIpc) is 2.77. The van der Waals surface area contributed by atoms with E-state index >= 15 is 0 Å². The summed E-state index contributed by atoms with van der Waals surface area (Å²) in [7, 11) is -3.72. The van der Waals surface area contributed by atoms with E-state index in [4.69, 9.17) is 4.74 Å². The maximum Gasteiger partial charge on any atom is 0.263 e. The molecule has 0 bridgehead atoms. The normalized spacial score (nSPS) is 15.7. The number of amides is 1. The van der Waals surface area contributed by atoms with Crippen LogP contribution in [-0.4, -0.2) is 32.0 Å². The Labute approximate surface area is 175 Å². The van der Waals surface area contributed by atoms with Crippen LogP contribution in [0.4, 0.5) is 5.69 Å². The number of pyridine rings is 1. The SMILES string of the molecule is O=C(NCc1ccncc1)[C@H]1CN(S(=O)(=O)Cc2ccccc2)c2ccccc2O1. The number of hydrogen-bond acceptors (Lipinski definition) is 5. The Morgan fingerprint density at radius 3 is 2.47 bits per heavy atom. The van der Waals surface area contributed by atoms with Gasteiger partial charge in [0.05, 0.1) is 18.0 Å². The average molecular weight is 423 g/mol. The van der Waals surface area contributed by atoms with Crippen molar-refractivity contribution in [2.75, 3.05) is 10.8 Å². The Morgan fingerprint density at radius 2 is 1.70 bits per heavy atom. The van der Waals surface area contributed by atoms with Crippen LogP contribution < -0.4 is 14.4 Å². The van der Waals surface area contributed by atoms with Crippen molar-refractivity contribution in [3.05, 3.63) is 90.3 Å². The van der Waals surface area contributed by atoms with E-state index < -0.39 is 16.1 Å². The minimum atomic E-state index is -3.72. The smallest absolute Gasteiger partial charge is 0.263 e. The van der Waals surface area contributed by atoms with Crippen molar-refractivity contribution in [3.8, 4) is 5.75 Å². The van der Waals surface area contributed by atoms with Gasteiger partial charge in [0.1, 0.15) is 5.75 Å². The molecule has 1 amide bonds. The van der Waals surface area contributed by atoms with Crippen LogP contribution in [0.15, 0.2) is 79.1 Å². The van der Waals surface area contributed by atoms with Crippen molar-refractivity contribution in [3.63, 3.8) is 0 Å². The van der Waals surface area contributed by atoms with Crippen LogP contribution in [0.25, 0.3) is 0 Å². The molecular formula is C22H21N3O4S. The van der Waals surface area contributed by atoms with Gasteiger partial charge in [-0.1, -0.05) is 42.5 Å². The zero-order chi connectivity index (χ0) is 21.0.